The third kappa shape index (κ3) is 11.7. The molecule has 0 aliphatic rings. The van der Waals surface area contributed by atoms with Crippen LogP contribution in [0.1, 0.15) is 64.7 Å². The van der Waals surface area contributed by atoms with E-state index in [4.69, 9.17) is 0 Å². The quantitative estimate of drug-likeness (QED) is 0.476. The molecule has 0 bridgehead atoms. The molecule has 0 rings (SSSR count). The van der Waals surface area contributed by atoms with E-state index in [2.05, 4.69) is 30.7 Å². The molecule has 0 radical (unpaired) electrons. The van der Waals surface area contributed by atoms with Crippen LogP contribution < -0.4 is 10.6 Å². The first kappa shape index (κ1) is 17.2. The smallest absolute Gasteiger partial charge is 0.00755 e. The Morgan fingerprint density at radius 2 is 1.39 bits per heavy atom. The summed E-state index contributed by atoms with van der Waals surface area (Å²) in [7, 11) is 2.01. The summed E-state index contributed by atoms with van der Waals surface area (Å²) in [4.78, 5) is 0. The topological polar surface area (TPSA) is 24.1 Å². The standard InChI is InChI=1S/C16H32N2/c1-5-6-9-12-15(2)18-16(3)13-10-7-8-11-14-17-4/h17-18H,2-3,5-14H2,1,4H3. The highest BCUT2D eigenvalue weighted by molar-refractivity contribution is 5.04. The molecule has 2 nitrogen and oxygen atoms in total. The molecule has 0 saturated carbocycles. The second-order valence-electron chi connectivity index (χ2n) is 5.06. The van der Waals surface area contributed by atoms with Crippen molar-refractivity contribution in [3.8, 4) is 0 Å². The summed E-state index contributed by atoms with van der Waals surface area (Å²) in [5, 5.41) is 6.52. The van der Waals surface area contributed by atoms with Gasteiger partial charge in [-0.05, 0) is 45.7 Å². The molecule has 2 N–H and O–H groups in total. The van der Waals surface area contributed by atoms with E-state index in [9.17, 15) is 0 Å². The van der Waals surface area contributed by atoms with Crippen molar-refractivity contribution in [3.63, 3.8) is 0 Å². The van der Waals surface area contributed by atoms with Crippen molar-refractivity contribution in [3.05, 3.63) is 24.6 Å². The first-order chi connectivity index (χ1) is 8.70. The monoisotopic (exact) mass is 252 g/mol. The van der Waals surface area contributed by atoms with Crippen molar-refractivity contribution in [2.24, 2.45) is 0 Å². The Hall–Kier alpha value is -0.760. The van der Waals surface area contributed by atoms with Gasteiger partial charge >= 0.3 is 0 Å². The maximum atomic E-state index is 4.07. The first-order valence-corrected chi connectivity index (χ1v) is 7.47. The summed E-state index contributed by atoms with van der Waals surface area (Å²) in [6.45, 7) is 11.5. The fourth-order valence-electron chi connectivity index (χ4n) is 1.96. The van der Waals surface area contributed by atoms with E-state index < -0.39 is 0 Å². The summed E-state index contributed by atoms with van der Waals surface area (Å²) in [6.07, 6.45) is 11.1. The van der Waals surface area contributed by atoms with Crippen LogP contribution in [0.25, 0.3) is 0 Å². The molecule has 0 fully saturated rings. The lowest BCUT2D eigenvalue weighted by Crippen LogP contribution is -2.11. The molecule has 0 saturated heterocycles. The molecule has 18 heavy (non-hydrogen) atoms. The molecule has 0 amide bonds. The van der Waals surface area contributed by atoms with E-state index in [-0.39, 0.29) is 0 Å². The number of hydrogen-bond acceptors (Lipinski definition) is 2. The van der Waals surface area contributed by atoms with Gasteiger partial charge in [0.2, 0.25) is 0 Å². The summed E-state index contributed by atoms with van der Waals surface area (Å²) in [5.41, 5.74) is 2.26. The van der Waals surface area contributed by atoms with E-state index in [0.29, 0.717) is 0 Å². The number of rotatable bonds is 13. The fourth-order valence-corrected chi connectivity index (χ4v) is 1.96. The Kier molecular flexibility index (Phi) is 12.2. The minimum absolute atomic E-state index is 1.08. The molecular formula is C16H32N2. The molecule has 0 unspecified atom stereocenters. The number of nitrogens with one attached hydrogen (secondary N) is 2. The van der Waals surface area contributed by atoms with Crippen LogP contribution in [0.5, 0.6) is 0 Å². The van der Waals surface area contributed by atoms with Gasteiger partial charge in [-0.25, -0.2) is 0 Å². The molecule has 0 aromatic rings. The maximum Gasteiger partial charge on any atom is 0.00755 e. The lowest BCUT2D eigenvalue weighted by atomic mass is 10.1. The molecule has 0 aliphatic heterocycles. The van der Waals surface area contributed by atoms with Gasteiger partial charge in [0, 0.05) is 11.4 Å². The minimum Gasteiger partial charge on any atom is -0.363 e. The van der Waals surface area contributed by atoms with Crippen molar-refractivity contribution >= 4 is 0 Å². The van der Waals surface area contributed by atoms with Gasteiger partial charge in [0.1, 0.15) is 0 Å². The molecule has 0 heterocycles. The van der Waals surface area contributed by atoms with E-state index in [1.807, 2.05) is 7.05 Å². The van der Waals surface area contributed by atoms with Crippen molar-refractivity contribution in [2.45, 2.75) is 64.7 Å². The van der Waals surface area contributed by atoms with Crippen LogP contribution in [-0.4, -0.2) is 13.6 Å². The zero-order valence-corrected chi connectivity index (χ0v) is 12.5. The van der Waals surface area contributed by atoms with Crippen LogP contribution >= 0.6 is 0 Å². The predicted octanol–water partition coefficient (Wildman–Crippen LogP) is 4.35. The van der Waals surface area contributed by atoms with E-state index in [1.165, 1.54) is 44.9 Å². The molecule has 0 aromatic heterocycles. The SMILES string of the molecule is C=C(CCCCC)NC(=C)CCCCCCNC. The second-order valence-corrected chi connectivity index (χ2v) is 5.06. The van der Waals surface area contributed by atoms with Gasteiger partial charge in [-0.2, -0.15) is 0 Å². The van der Waals surface area contributed by atoms with Crippen molar-refractivity contribution in [2.75, 3.05) is 13.6 Å². The molecule has 0 atom stereocenters. The summed E-state index contributed by atoms with van der Waals surface area (Å²) < 4.78 is 0. The van der Waals surface area contributed by atoms with Gasteiger partial charge in [-0.15, -0.1) is 0 Å². The Labute approximate surface area is 114 Å². The fraction of sp³-hybridized carbons (Fsp3) is 0.750. The molecular weight excluding hydrogens is 220 g/mol. The summed E-state index contributed by atoms with van der Waals surface area (Å²) in [5.74, 6) is 0. The Bertz CT molecular complexity index is 221. The van der Waals surface area contributed by atoms with E-state index >= 15 is 0 Å². The van der Waals surface area contributed by atoms with Crippen LogP contribution in [0.2, 0.25) is 0 Å². The number of unbranched alkanes of at least 4 members (excludes halogenated alkanes) is 5. The van der Waals surface area contributed by atoms with Crippen molar-refractivity contribution in [1.29, 1.82) is 0 Å². The zero-order valence-electron chi connectivity index (χ0n) is 12.5. The number of allylic oxidation sites excluding steroid dienone is 2. The third-order valence-electron chi connectivity index (χ3n) is 3.09. The van der Waals surface area contributed by atoms with Crippen LogP contribution in [0.15, 0.2) is 24.6 Å². The van der Waals surface area contributed by atoms with Gasteiger partial charge in [0.15, 0.2) is 0 Å². The lowest BCUT2D eigenvalue weighted by Gasteiger charge is -2.12. The average Bonchev–Trinajstić information content (AvgIpc) is 2.34. The van der Waals surface area contributed by atoms with Crippen LogP contribution in [-0.2, 0) is 0 Å². The molecule has 0 spiro atoms. The average molecular weight is 252 g/mol. The Morgan fingerprint density at radius 1 is 0.833 bits per heavy atom. The lowest BCUT2D eigenvalue weighted by molar-refractivity contribution is 0.606. The Balaban J connectivity index is 3.38. The highest BCUT2D eigenvalue weighted by atomic mass is 14.9. The predicted molar refractivity (Wildman–Crippen MR) is 82.6 cm³/mol. The van der Waals surface area contributed by atoms with Gasteiger partial charge < -0.3 is 10.6 Å². The second kappa shape index (κ2) is 12.7. The maximum absolute atomic E-state index is 4.07. The van der Waals surface area contributed by atoms with Gasteiger partial charge in [-0.1, -0.05) is 45.8 Å². The van der Waals surface area contributed by atoms with Crippen LogP contribution in [0.3, 0.4) is 0 Å². The van der Waals surface area contributed by atoms with Gasteiger partial charge in [-0.3, -0.25) is 0 Å². The first-order valence-electron chi connectivity index (χ1n) is 7.47. The summed E-state index contributed by atoms with van der Waals surface area (Å²) in [6, 6.07) is 0. The van der Waals surface area contributed by atoms with E-state index in [0.717, 1.165) is 30.8 Å². The normalized spacial score (nSPS) is 10.3. The van der Waals surface area contributed by atoms with Crippen LogP contribution in [0.4, 0.5) is 0 Å². The van der Waals surface area contributed by atoms with Crippen LogP contribution in [0, 0.1) is 0 Å². The largest absolute Gasteiger partial charge is 0.363 e. The molecule has 2 heteroatoms. The molecule has 0 aliphatic carbocycles. The number of hydrogen-bond donors (Lipinski definition) is 2. The van der Waals surface area contributed by atoms with Crippen molar-refractivity contribution < 1.29 is 0 Å². The highest BCUT2D eigenvalue weighted by Crippen LogP contribution is 2.10. The molecule has 106 valence electrons. The summed E-state index contributed by atoms with van der Waals surface area (Å²) >= 11 is 0. The van der Waals surface area contributed by atoms with E-state index in [1.54, 1.807) is 0 Å². The highest BCUT2D eigenvalue weighted by Gasteiger charge is 1.98. The minimum atomic E-state index is 1.08. The van der Waals surface area contributed by atoms with Gasteiger partial charge in [0.05, 0.1) is 0 Å². The van der Waals surface area contributed by atoms with Gasteiger partial charge in [0.25, 0.3) is 0 Å². The Morgan fingerprint density at radius 3 is 1.94 bits per heavy atom. The zero-order chi connectivity index (χ0) is 13.6. The van der Waals surface area contributed by atoms with Crippen molar-refractivity contribution in [1.82, 2.24) is 10.6 Å². The molecule has 0 aromatic carbocycles. The third-order valence-corrected chi connectivity index (χ3v) is 3.09.